The van der Waals surface area contributed by atoms with E-state index >= 15 is 0 Å². The smallest absolute Gasteiger partial charge is 0.268 e. The predicted molar refractivity (Wildman–Crippen MR) is 78.0 cm³/mol. The van der Waals surface area contributed by atoms with Crippen molar-refractivity contribution in [2.45, 2.75) is 5.79 Å². The van der Waals surface area contributed by atoms with Crippen molar-refractivity contribution in [2.75, 3.05) is 18.9 Å². The van der Waals surface area contributed by atoms with Crippen molar-refractivity contribution in [1.82, 2.24) is 0 Å². The van der Waals surface area contributed by atoms with E-state index in [0.29, 0.717) is 5.56 Å². The van der Waals surface area contributed by atoms with E-state index in [1.165, 1.54) is 0 Å². The van der Waals surface area contributed by atoms with Crippen LogP contribution in [0.4, 0.5) is 23.3 Å². The Morgan fingerprint density at radius 3 is 2.41 bits per heavy atom. The molecule has 0 saturated heterocycles. The number of hydrogen-bond acceptors (Lipinski definition) is 2. The van der Waals surface area contributed by atoms with Gasteiger partial charge < -0.3 is 4.74 Å². The number of rotatable bonds is 3. The summed E-state index contributed by atoms with van der Waals surface area (Å²) in [6, 6.07) is 9.25. The van der Waals surface area contributed by atoms with Gasteiger partial charge >= 0.3 is 0 Å². The maximum Gasteiger partial charge on any atom is 0.268 e. The summed E-state index contributed by atoms with van der Waals surface area (Å²) in [4.78, 5) is 0. The monoisotopic (exact) mass is 333 g/mol. The van der Waals surface area contributed by atoms with E-state index in [2.05, 4.69) is 0 Å². The third-order valence-electron chi connectivity index (χ3n) is 3.57. The van der Waals surface area contributed by atoms with Crippen LogP contribution in [0.1, 0.15) is 5.56 Å². The highest BCUT2D eigenvalue weighted by molar-refractivity contribution is 5.85. The summed E-state index contributed by atoms with van der Waals surface area (Å²) < 4.78 is 61.0. The molecule has 1 aliphatic heterocycles. The Morgan fingerprint density at radius 2 is 1.86 bits per heavy atom. The maximum absolute atomic E-state index is 14.7. The van der Waals surface area contributed by atoms with Crippen LogP contribution in [0, 0.1) is 5.82 Å². The molecule has 0 amide bonds. The normalized spacial score (nSPS) is 19.0. The van der Waals surface area contributed by atoms with Crippen molar-refractivity contribution in [3.8, 4) is 16.9 Å². The van der Waals surface area contributed by atoms with Gasteiger partial charge in [0.2, 0.25) is 0 Å². The first-order chi connectivity index (χ1) is 10.0. The molecule has 0 radical (unpaired) electrons. The topological polar surface area (TPSA) is 12.5 Å². The molecule has 1 atom stereocenters. The number of alkyl halides is 2. The zero-order valence-electron chi connectivity index (χ0n) is 11.4. The second-order valence-corrected chi connectivity index (χ2v) is 4.70. The molecule has 0 fully saturated rings. The molecule has 1 unspecified atom stereocenters. The summed E-state index contributed by atoms with van der Waals surface area (Å²) in [6.45, 7) is -1.66. The molecule has 0 spiro atoms. The Labute approximate surface area is 130 Å². The highest BCUT2D eigenvalue weighted by Crippen LogP contribution is 2.56. The number of benzene rings is 2. The lowest BCUT2D eigenvalue weighted by atomic mass is 9.95. The Morgan fingerprint density at radius 1 is 1.23 bits per heavy atom. The second-order valence-electron chi connectivity index (χ2n) is 4.70. The highest BCUT2D eigenvalue weighted by Gasteiger charge is 2.54. The lowest BCUT2D eigenvalue weighted by Gasteiger charge is -2.23. The molecule has 2 nitrogen and oxygen atoms in total. The quantitative estimate of drug-likeness (QED) is 0.458. The van der Waals surface area contributed by atoms with Crippen molar-refractivity contribution in [3.63, 3.8) is 0 Å². The van der Waals surface area contributed by atoms with Crippen molar-refractivity contribution in [2.24, 2.45) is 0 Å². The second kappa shape index (κ2) is 5.68. The molecule has 2 bridgehead atoms. The Balaban J connectivity index is 0.00000176. The molecule has 1 heterocycles. The number of halogens is 5. The summed E-state index contributed by atoms with van der Waals surface area (Å²) in [5, 5.41) is -0.539. The van der Waals surface area contributed by atoms with Gasteiger partial charge in [-0.1, -0.05) is 34.8 Å². The minimum atomic E-state index is -3.09. The summed E-state index contributed by atoms with van der Waals surface area (Å²) in [6.07, 6.45) is 0. The fourth-order valence-electron chi connectivity index (χ4n) is 2.62. The average Bonchev–Trinajstić information content (AvgIpc) is 2.70. The number of fused-ring (bicyclic) bond motifs is 2. The van der Waals surface area contributed by atoms with Crippen LogP contribution < -0.4 is 9.86 Å². The van der Waals surface area contributed by atoms with Crippen LogP contribution in [-0.2, 0) is 5.79 Å². The summed E-state index contributed by atoms with van der Waals surface area (Å²) in [5.74, 6) is -4.42. The number of hydrogen-bond donors (Lipinski definition) is 0. The van der Waals surface area contributed by atoms with Crippen LogP contribution in [0.25, 0.3) is 11.1 Å². The third kappa shape index (κ3) is 2.01. The van der Waals surface area contributed by atoms with Gasteiger partial charge in [-0.15, -0.1) is 12.4 Å². The largest absolute Gasteiger partial charge is 0.494 e. The molecule has 0 aliphatic carbocycles. The first-order valence-corrected chi connectivity index (χ1v) is 6.22. The van der Waals surface area contributed by atoms with Gasteiger partial charge in [-0.05, 0) is 17.2 Å². The third-order valence-corrected chi connectivity index (χ3v) is 3.57. The Kier molecular flexibility index (Phi) is 4.24. The molecule has 0 saturated carbocycles. The number of ether oxygens (including phenoxy) is 1. The Bertz CT molecular complexity index is 698. The van der Waals surface area contributed by atoms with Gasteiger partial charge in [-0.2, -0.15) is 5.12 Å². The molecule has 118 valence electrons. The minimum Gasteiger partial charge on any atom is -0.494 e. The van der Waals surface area contributed by atoms with E-state index in [1.807, 2.05) is 0 Å². The van der Waals surface area contributed by atoms with E-state index < -0.39 is 29.1 Å². The van der Waals surface area contributed by atoms with Crippen molar-refractivity contribution < 1.29 is 22.4 Å². The zero-order chi connectivity index (χ0) is 15.2. The standard InChI is InChI=1S/C15H11F4NO.ClH/c1-21-14-12-10(9-5-3-2-4-6-9)7-11(17)13(14)20(19)15(12,18)8-16;/h2-7H,8H2,1H3;1H. The molecular formula is C15H12ClF4NO. The van der Waals surface area contributed by atoms with Gasteiger partial charge in [-0.25, -0.2) is 13.2 Å². The molecule has 1 aliphatic rings. The lowest BCUT2D eigenvalue weighted by Crippen LogP contribution is -2.35. The van der Waals surface area contributed by atoms with Crippen LogP contribution in [0.15, 0.2) is 36.4 Å². The maximum atomic E-state index is 14.7. The molecule has 2 aromatic rings. The van der Waals surface area contributed by atoms with Gasteiger partial charge in [0.05, 0.1) is 12.7 Å². The summed E-state index contributed by atoms with van der Waals surface area (Å²) in [7, 11) is 1.16. The predicted octanol–water partition coefficient (Wildman–Crippen LogP) is 4.72. The number of methoxy groups -OCH3 is 1. The van der Waals surface area contributed by atoms with Gasteiger partial charge in [0.25, 0.3) is 5.79 Å². The van der Waals surface area contributed by atoms with Crippen molar-refractivity contribution in [3.05, 3.63) is 47.8 Å². The van der Waals surface area contributed by atoms with Crippen LogP contribution in [-0.4, -0.2) is 13.8 Å². The van der Waals surface area contributed by atoms with Crippen LogP contribution in [0.5, 0.6) is 5.75 Å². The van der Waals surface area contributed by atoms with E-state index in [9.17, 15) is 17.7 Å². The number of anilines is 1. The summed E-state index contributed by atoms with van der Waals surface area (Å²) >= 11 is 0. The van der Waals surface area contributed by atoms with E-state index in [0.717, 1.165) is 13.2 Å². The SMILES string of the molecule is COc1c2c(F)cc(-c3ccccc3)c1C(F)(CF)N2F.Cl. The van der Waals surface area contributed by atoms with Crippen LogP contribution >= 0.6 is 12.4 Å². The lowest BCUT2D eigenvalue weighted by molar-refractivity contribution is 0.0675. The molecular weight excluding hydrogens is 322 g/mol. The van der Waals surface area contributed by atoms with Crippen molar-refractivity contribution in [1.29, 1.82) is 0 Å². The Hall–Kier alpha value is -1.95. The fourth-order valence-corrected chi connectivity index (χ4v) is 2.62. The summed E-state index contributed by atoms with van der Waals surface area (Å²) in [5.41, 5.74) is -0.541. The zero-order valence-corrected chi connectivity index (χ0v) is 12.3. The van der Waals surface area contributed by atoms with E-state index in [1.54, 1.807) is 30.3 Å². The van der Waals surface area contributed by atoms with Gasteiger partial charge in [0, 0.05) is 0 Å². The molecule has 22 heavy (non-hydrogen) atoms. The van der Waals surface area contributed by atoms with Crippen LogP contribution in [0.2, 0.25) is 0 Å². The van der Waals surface area contributed by atoms with Crippen molar-refractivity contribution >= 4 is 18.1 Å². The number of nitrogens with zero attached hydrogens (tertiary/aromatic N) is 1. The molecule has 3 rings (SSSR count). The minimum absolute atomic E-state index is 0. The highest BCUT2D eigenvalue weighted by atomic mass is 35.5. The van der Waals surface area contributed by atoms with Gasteiger partial charge in [0.15, 0.2) is 17.3 Å². The molecule has 2 aromatic carbocycles. The van der Waals surface area contributed by atoms with Crippen LogP contribution in [0.3, 0.4) is 0 Å². The fraction of sp³-hybridized carbons (Fsp3) is 0.200. The average molecular weight is 334 g/mol. The van der Waals surface area contributed by atoms with Gasteiger partial charge in [0.1, 0.15) is 6.67 Å². The molecule has 0 N–H and O–H groups in total. The van der Waals surface area contributed by atoms with Gasteiger partial charge in [-0.3, -0.25) is 0 Å². The van der Waals surface area contributed by atoms with E-state index in [4.69, 9.17) is 4.74 Å². The first-order valence-electron chi connectivity index (χ1n) is 6.22. The first kappa shape index (κ1) is 16.4. The molecule has 0 aromatic heterocycles. The van der Waals surface area contributed by atoms with E-state index in [-0.39, 0.29) is 29.3 Å². The molecule has 7 heteroatoms.